The van der Waals surface area contributed by atoms with Crippen molar-refractivity contribution >= 4 is 17.8 Å². The Balaban J connectivity index is 1.88. The predicted octanol–water partition coefficient (Wildman–Crippen LogP) is 3.88. The fourth-order valence-corrected chi connectivity index (χ4v) is 4.68. The van der Waals surface area contributed by atoms with Crippen LogP contribution in [0.1, 0.15) is 37.0 Å². The van der Waals surface area contributed by atoms with Crippen LogP contribution < -0.4 is 10.6 Å². The summed E-state index contributed by atoms with van der Waals surface area (Å²) in [6, 6.07) is 26.5. The van der Waals surface area contributed by atoms with Gasteiger partial charge < -0.3 is 20.5 Å². The fourth-order valence-electron chi connectivity index (χ4n) is 4.68. The van der Waals surface area contributed by atoms with Crippen LogP contribution in [-0.4, -0.2) is 48.2 Å². The summed E-state index contributed by atoms with van der Waals surface area (Å²) in [6.07, 6.45) is 0.466. The number of carbonyl (C=O) groups is 3. The monoisotopic (exact) mass is 544 g/mol. The highest BCUT2D eigenvalue weighted by Crippen LogP contribution is 2.17. The molecule has 2 amide bonds. The van der Waals surface area contributed by atoms with Gasteiger partial charge in [0.1, 0.15) is 12.1 Å². The molecule has 0 saturated heterocycles. The van der Waals surface area contributed by atoms with E-state index in [4.69, 9.17) is 4.74 Å². The number of aliphatic hydroxyl groups is 1. The van der Waals surface area contributed by atoms with E-state index in [1.54, 1.807) is 0 Å². The highest BCUT2D eigenvalue weighted by atomic mass is 16.5. The zero-order valence-corrected chi connectivity index (χ0v) is 23.5. The van der Waals surface area contributed by atoms with Crippen LogP contribution in [0.3, 0.4) is 0 Å². The van der Waals surface area contributed by atoms with Crippen LogP contribution in [0.4, 0.5) is 0 Å². The number of amides is 2. The third kappa shape index (κ3) is 9.06. The molecule has 0 aliphatic rings. The van der Waals surface area contributed by atoms with Gasteiger partial charge in [0.25, 0.3) is 0 Å². The molecule has 7 nitrogen and oxygen atoms in total. The quantitative estimate of drug-likeness (QED) is 0.267. The molecular weight excluding hydrogens is 504 g/mol. The summed E-state index contributed by atoms with van der Waals surface area (Å²) in [4.78, 5) is 39.9. The highest BCUT2D eigenvalue weighted by molar-refractivity contribution is 5.92. The second-order valence-electron chi connectivity index (χ2n) is 10.2. The first kappa shape index (κ1) is 30.6. The highest BCUT2D eigenvalue weighted by Gasteiger charge is 2.35. The molecule has 0 fully saturated rings. The number of hydrogen-bond acceptors (Lipinski definition) is 5. The number of ether oxygens (including phenoxy) is 1. The molecule has 212 valence electrons. The number of esters is 1. The summed E-state index contributed by atoms with van der Waals surface area (Å²) < 4.78 is 4.92. The van der Waals surface area contributed by atoms with E-state index in [0.717, 1.165) is 16.7 Å². The average Bonchev–Trinajstić information content (AvgIpc) is 2.98. The molecule has 0 spiro atoms. The van der Waals surface area contributed by atoms with Crippen LogP contribution >= 0.6 is 0 Å². The van der Waals surface area contributed by atoms with Crippen LogP contribution in [0.25, 0.3) is 0 Å². The third-order valence-electron chi connectivity index (χ3n) is 7.24. The van der Waals surface area contributed by atoms with E-state index in [1.165, 1.54) is 7.11 Å². The minimum absolute atomic E-state index is 0.146. The zero-order chi connectivity index (χ0) is 28.9. The Hall–Kier alpha value is -3.97. The number of carbonyl (C=O) groups excluding carboxylic acids is 3. The Morgan fingerprint density at radius 3 is 1.55 bits per heavy atom. The van der Waals surface area contributed by atoms with Crippen molar-refractivity contribution in [1.29, 1.82) is 0 Å². The van der Waals surface area contributed by atoms with Crippen molar-refractivity contribution in [2.45, 2.75) is 57.7 Å². The second-order valence-corrected chi connectivity index (χ2v) is 10.2. The summed E-state index contributed by atoms with van der Waals surface area (Å²) in [5.74, 6) is -2.25. The second kappa shape index (κ2) is 15.6. The van der Waals surface area contributed by atoms with Gasteiger partial charge in [0, 0.05) is 12.3 Å². The van der Waals surface area contributed by atoms with E-state index in [2.05, 4.69) is 10.6 Å². The number of nitrogens with one attached hydrogen (secondary N) is 2. The Bertz CT molecular complexity index is 1160. The van der Waals surface area contributed by atoms with Gasteiger partial charge in [0.05, 0.1) is 13.2 Å². The molecular formula is C33H40N2O5. The minimum Gasteiger partial charge on any atom is -0.467 e. The number of rotatable bonds is 14. The van der Waals surface area contributed by atoms with Crippen LogP contribution in [0.15, 0.2) is 91.0 Å². The minimum atomic E-state index is -1.28. The van der Waals surface area contributed by atoms with Gasteiger partial charge in [-0.1, -0.05) is 111 Å². The summed E-state index contributed by atoms with van der Waals surface area (Å²) in [6.45, 7) is 3.75. The van der Waals surface area contributed by atoms with Crippen molar-refractivity contribution in [1.82, 2.24) is 10.6 Å². The topological polar surface area (TPSA) is 105 Å². The Kier molecular flexibility index (Phi) is 11.9. The van der Waals surface area contributed by atoms with Crippen LogP contribution in [0, 0.1) is 11.8 Å². The van der Waals surface area contributed by atoms with Crippen molar-refractivity contribution in [3.8, 4) is 0 Å². The summed E-state index contributed by atoms with van der Waals surface area (Å²) in [5, 5.41) is 16.8. The first-order valence-electron chi connectivity index (χ1n) is 13.8. The molecule has 4 atom stereocenters. The lowest BCUT2D eigenvalue weighted by Crippen LogP contribution is -2.59. The van der Waals surface area contributed by atoms with Crippen molar-refractivity contribution in [3.05, 3.63) is 108 Å². The van der Waals surface area contributed by atoms with E-state index >= 15 is 0 Å². The first-order chi connectivity index (χ1) is 19.3. The first-order valence-corrected chi connectivity index (χ1v) is 13.8. The normalized spacial score (nSPS) is 14.0. The molecule has 0 heterocycles. The van der Waals surface area contributed by atoms with E-state index in [1.807, 2.05) is 105 Å². The van der Waals surface area contributed by atoms with Gasteiger partial charge in [0.15, 0.2) is 0 Å². The van der Waals surface area contributed by atoms with E-state index in [-0.39, 0.29) is 18.2 Å². The molecule has 0 aliphatic carbocycles. The Labute approximate surface area is 237 Å². The number of benzene rings is 3. The molecule has 3 rings (SSSR count). The Morgan fingerprint density at radius 1 is 0.700 bits per heavy atom. The summed E-state index contributed by atoms with van der Waals surface area (Å²) in [5.41, 5.74) is 2.80. The van der Waals surface area contributed by atoms with Crippen LogP contribution in [0.5, 0.6) is 0 Å². The van der Waals surface area contributed by atoms with Gasteiger partial charge in [-0.3, -0.25) is 9.59 Å². The number of methoxy groups -OCH3 is 1. The lowest BCUT2D eigenvalue weighted by Gasteiger charge is -2.29. The lowest BCUT2D eigenvalue weighted by atomic mass is 9.91. The van der Waals surface area contributed by atoms with Gasteiger partial charge in [-0.2, -0.15) is 0 Å². The maximum absolute atomic E-state index is 13.8. The largest absolute Gasteiger partial charge is 0.467 e. The summed E-state index contributed by atoms with van der Waals surface area (Å²) in [7, 11) is 1.27. The number of hydrogen-bond donors (Lipinski definition) is 3. The van der Waals surface area contributed by atoms with Crippen molar-refractivity contribution in [2.24, 2.45) is 11.8 Å². The predicted molar refractivity (Wildman–Crippen MR) is 155 cm³/mol. The molecule has 0 bridgehead atoms. The molecule has 0 radical (unpaired) electrons. The van der Waals surface area contributed by atoms with Gasteiger partial charge in [-0.05, 0) is 35.4 Å². The molecule has 3 aromatic rings. The van der Waals surface area contributed by atoms with Crippen LogP contribution in [-0.2, 0) is 38.4 Å². The van der Waals surface area contributed by atoms with Gasteiger partial charge >= 0.3 is 5.97 Å². The van der Waals surface area contributed by atoms with Crippen LogP contribution in [0.2, 0.25) is 0 Å². The fraction of sp³-hybridized carbons (Fsp3) is 0.364. The average molecular weight is 545 g/mol. The smallest absolute Gasteiger partial charge is 0.328 e. The SMILES string of the molecule is CC[C@H](C)[C@H](NC(=O)[C@H](NC(=O)C(Cc1ccccc1)Cc1ccccc1)[C@@H](O)Cc1ccccc1)C(=O)OC. The molecule has 40 heavy (non-hydrogen) atoms. The summed E-state index contributed by atoms with van der Waals surface area (Å²) >= 11 is 0. The standard InChI is InChI=1S/C33H40N2O5/c1-4-23(2)29(33(39)40-3)34-32(38)30(28(36)22-26-18-12-7-13-19-26)35-31(37)27(20-24-14-8-5-9-15-24)21-25-16-10-6-11-17-25/h5-19,23,27-30,36H,4,20-22H2,1-3H3,(H,34,38)(H,35,37)/t23-,28-,29-,30+/m0/s1. The van der Waals surface area contributed by atoms with Crippen molar-refractivity contribution < 1.29 is 24.2 Å². The molecule has 0 aromatic heterocycles. The molecule has 0 aliphatic heterocycles. The molecule has 0 saturated carbocycles. The van der Waals surface area contributed by atoms with Crippen molar-refractivity contribution in [3.63, 3.8) is 0 Å². The van der Waals surface area contributed by atoms with Gasteiger partial charge in [-0.25, -0.2) is 4.79 Å². The van der Waals surface area contributed by atoms with Gasteiger partial charge in [-0.15, -0.1) is 0 Å². The zero-order valence-electron chi connectivity index (χ0n) is 23.5. The maximum atomic E-state index is 13.8. The van der Waals surface area contributed by atoms with Crippen molar-refractivity contribution in [2.75, 3.05) is 7.11 Å². The Morgan fingerprint density at radius 2 is 1.12 bits per heavy atom. The molecule has 0 unspecified atom stereocenters. The van der Waals surface area contributed by atoms with E-state index in [9.17, 15) is 19.5 Å². The van der Waals surface area contributed by atoms with E-state index in [0.29, 0.717) is 19.3 Å². The van der Waals surface area contributed by atoms with E-state index < -0.39 is 36.0 Å². The lowest BCUT2D eigenvalue weighted by molar-refractivity contribution is -0.147. The number of aliphatic hydroxyl groups excluding tert-OH is 1. The molecule has 7 heteroatoms. The third-order valence-corrected chi connectivity index (χ3v) is 7.24. The molecule has 3 aromatic carbocycles. The maximum Gasteiger partial charge on any atom is 0.328 e. The molecule has 3 N–H and O–H groups in total. The van der Waals surface area contributed by atoms with Gasteiger partial charge in [0.2, 0.25) is 11.8 Å².